The Labute approximate surface area is 286 Å². The highest BCUT2D eigenvalue weighted by atomic mass is 15.0. The van der Waals surface area contributed by atoms with Crippen LogP contribution in [0.2, 0.25) is 0 Å². The van der Waals surface area contributed by atoms with Crippen LogP contribution in [0.4, 0.5) is 0 Å². The Bertz CT molecular complexity index is 2090. The van der Waals surface area contributed by atoms with Gasteiger partial charge in [-0.25, -0.2) is 0 Å². The molecule has 0 saturated heterocycles. The van der Waals surface area contributed by atoms with E-state index in [4.69, 9.17) is 0 Å². The van der Waals surface area contributed by atoms with Crippen molar-refractivity contribution in [2.24, 2.45) is 23.7 Å². The number of nitrogens with zero attached hydrogens (tertiary/aromatic N) is 1. The molecule has 7 aliphatic carbocycles. The predicted octanol–water partition coefficient (Wildman–Crippen LogP) is 11.6. The van der Waals surface area contributed by atoms with Gasteiger partial charge in [0, 0.05) is 52.7 Å². The largest absolute Gasteiger partial charge is 0.337 e. The molecular weight excluding hydrogens is 579 g/mol. The van der Waals surface area contributed by atoms with Crippen LogP contribution in [0.15, 0.2) is 119 Å². The van der Waals surface area contributed by atoms with E-state index in [1.54, 1.807) is 33.4 Å². The SMILES string of the molecule is C1#CC2C(C3=CCCCC3)=C3C(=C(c4ccc5c(c4)c4c(n5C5CC=CCC5)C=CC(c5ccccc5)C4)C4C=CC=CC34)C2CCC1. The average molecular weight is 624 g/mol. The second-order valence-electron chi connectivity index (χ2n) is 15.2. The minimum Gasteiger partial charge on any atom is -0.337 e. The summed E-state index contributed by atoms with van der Waals surface area (Å²) in [5.41, 5.74) is 15.5. The van der Waals surface area contributed by atoms with Crippen LogP contribution in [-0.2, 0) is 6.42 Å². The molecule has 0 saturated carbocycles. The molecule has 0 bridgehead atoms. The lowest BCUT2D eigenvalue weighted by Gasteiger charge is -2.26. The molecule has 1 heterocycles. The van der Waals surface area contributed by atoms with Crippen molar-refractivity contribution >= 4 is 22.6 Å². The number of hydrogen-bond donors (Lipinski definition) is 0. The van der Waals surface area contributed by atoms with Gasteiger partial charge >= 0.3 is 0 Å². The van der Waals surface area contributed by atoms with Gasteiger partial charge in [-0.1, -0.05) is 90.9 Å². The number of benzene rings is 2. The van der Waals surface area contributed by atoms with Gasteiger partial charge < -0.3 is 4.57 Å². The fraction of sp³-hybridized carbons (Fsp3) is 0.362. The topological polar surface area (TPSA) is 4.93 Å². The highest BCUT2D eigenvalue weighted by Gasteiger charge is 2.49. The van der Waals surface area contributed by atoms with Gasteiger partial charge in [0.05, 0.1) is 5.92 Å². The second kappa shape index (κ2) is 11.7. The van der Waals surface area contributed by atoms with Gasteiger partial charge in [0.2, 0.25) is 0 Å². The Morgan fingerprint density at radius 2 is 1.67 bits per heavy atom. The van der Waals surface area contributed by atoms with Crippen molar-refractivity contribution < 1.29 is 0 Å². The molecule has 6 unspecified atom stereocenters. The van der Waals surface area contributed by atoms with Crippen molar-refractivity contribution in [3.63, 3.8) is 0 Å². The first kappa shape index (κ1) is 28.7. The van der Waals surface area contributed by atoms with E-state index in [0.717, 1.165) is 19.3 Å². The summed E-state index contributed by atoms with van der Waals surface area (Å²) in [6.07, 6.45) is 35.2. The van der Waals surface area contributed by atoms with E-state index in [2.05, 4.69) is 120 Å². The van der Waals surface area contributed by atoms with Crippen LogP contribution in [0, 0.1) is 35.5 Å². The van der Waals surface area contributed by atoms with Gasteiger partial charge in [-0.05, 0) is 127 Å². The normalized spacial score (nSPS) is 30.0. The molecule has 6 atom stereocenters. The zero-order valence-electron chi connectivity index (χ0n) is 28.0. The Morgan fingerprint density at radius 1 is 0.771 bits per heavy atom. The summed E-state index contributed by atoms with van der Waals surface area (Å²) >= 11 is 0. The third-order valence-corrected chi connectivity index (χ3v) is 12.7. The van der Waals surface area contributed by atoms with Crippen molar-refractivity contribution in [3.8, 4) is 11.8 Å². The van der Waals surface area contributed by atoms with Crippen LogP contribution in [0.3, 0.4) is 0 Å². The molecule has 0 amide bonds. The molecular formula is C47H45N. The molecule has 0 N–H and O–H groups in total. The average Bonchev–Trinajstić information content (AvgIpc) is 3.69. The van der Waals surface area contributed by atoms with Gasteiger partial charge in [-0.2, -0.15) is 0 Å². The van der Waals surface area contributed by atoms with Gasteiger partial charge in [0.25, 0.3) is 0 Å². The standard InChI is InChI=1S/C47H45N/c1-5-15-31(16-6-1)33-25-27-42-40(29-33)41-30-34(26-28-43(41)48(42)35-19-9-3-10-20-35)45-37-23-13-14-24-39(37)46-44(32-17-7-2-8-18-32)36-21-11-4-12-22-38(36)47(45)46/h1,3,5-6,9,13-17,23-28,30,33,35-39H,2,4,7-8,10,12,18-20,22,29H2. The first-order valence-corrected chi connectivity index (χ1v) is 18.9. The maximum atomic E-state index is 3.88. The van der Waals surface area contributed by atoms with E-state index < -0.39 is 0 Å². The van der Waals surface area contributed by atoms with Crippen molar-refractivity contribution in [1.82, 2.24) is 4.57 Å². The summed E-state index contributed by atoms with van der Waals surface area (Å²) in [5.74, 6) is 9.65. The Morgan fingerprint density at radius 3 is 2.50 bits per heavy atom. The van der Waals surface area contributed by atoms with Gasteiger partial charge in [-0.3, -0.25) is 0 Å². The molecule has 10 rings (SSSR count). The highest BCUT2D eigenvalue weighted by Crippen LogP contribution is 2.61. The lowest BCUT2D eigenvalue weighted by atomic mass is 9.77. The summed E-state index contributed by atoms with van der Waals surface area (Å²) in [7, 11) is 0. The minimum absolute atomic E-state index is 0.366. The number of hydrogen-bond acceptors (Lipinski definition) is 0. The summed E-state index contributed by atoms with van der Waals surface area (Å²) < 4.78 is 2.72. The number of allylic oxidation sites excluding steroid dienone is 13. The van der Waals surface area contributed by atoms with Crippen molar-refractivity contribution in [3.05, 3.63) is 142 Å². The van der Waals surface area contributed by atoms with Crippen LogP contribution in [-0.4, -0.2) is 4.57 Å². The molecule has 3 aromatic rings. The van der Waals surface area contributed by atoms with E-state index in [0.29, 0.717) is 35.6 Å². The lowest BCUT2D eigenvalue weighted by molar-refractivity contribution is 0.470. The molecule has 1 nitrogen and oxygen atoms in total. The Balaban J connectivity index is 1.18. The molecule has 7 aliphatic rings. The lowest BCUT2D eigenvalue weighted by Crippen LogP contribution is -2.16. The predicted molar refractivity (Wildman–Crippen MR) is 200 cm³/mol. The number of aromatic nitrogens is 1. The molecule has 1 aromatic heterocycles. The molecule has 238 valence electrons. The van der Waals surface area contributed by atoms with E-state index in [-0.39, 0.29) is 0 Å². The zero-order chi connectivity index (χ0) is 31.6. The highest BCUT2D eigenvalue weighted by molar-refractivity contribution is 5.94. The third-order valence-electron chi connectivity index (χ3n) is 12.7. The summed E-state index contributed by atoms with van der Waals surface area (Å²) in [6.45, 7) is 0. The third kappa shape index (κ3) is 4.45. The molecule has 0 fully saturated rings. The quantitative estimate of drug-likeness (QED) is 0.201. The maximum Gasteiger partial charge on any atom is 0.0526 e. The minimum atomic E-state index is 0.366. The monoisotopic (exact) mass is 623 g/mol. The van der Waals surface area contributed by atoms with Crippen molar-refractivity contribution in [1.29, 1.82) is 0 Å². The smallest absolute Gasteiger partial charge is 0.0526 e. The Kier molecular flexibility index (Phi) is 7.00. The first-order valence-electron chi connectivity index (χ1n) is 18.9. The maximum absolute atomic E-state index is 3.88. The fourth-order valence-corrected chi connectivity index (χ4v) is 10.6. The van der Waals surface area contributed by atoms with Gasteiger partial charge in [0.1, 0.15) is 0 Å². The van der Waals surface area contributed by atoms with Crippen LogP contribution in [0.1, 0.15) is 98.6 Å². The molecule has 0 radical (unpaired) electrons. The van der Waals surface area contributed by atoms with E-state index in [1.165, 1.54) is 79.1 Å². The van der Waals surface area contributed by atoms with E-state index in [1.807, 2.05) is 0 Å². The second-order valence-corrected chi connectivity index (χ2v) is 15.2. The Hall–Kier alpha value is -4.28. The fourth-order valence-electron chi connectivity index (χ4n) is 10.6. The van der Waals surface area contributed by atoms with Crippen LogP contribution < -0.4 is 0 Å². The van der Waals surface area contributed by atoms with E-state index >= 15 is 0 Å². The number of fused-ring (bicyclic) bond motifs is 8. The van der Waals surface area contributed by atoms with Crippen molar-refractivity contribution in [2.75, 3.05) is 0 Å². The molecule has 48 heavy (non-hydrogen) atoms. The number of rotatable bonds is 4. The molecule has 0 spiro atoms. The van der Waals surface area contributed by atoms with Gasteiger partial charge in [-0.15, -0.1) is 5.92 Å². The van der Waals surface area contributed by atoms with Crippen LogP contribution in [0.25, 0.3) is 22.6 Å². The molecule has 2 aromatic carbocycles. The van der Waals surface area contributed by atoms with Crippen molar-refractivity contribution in [2.45, 2.75) is 82.6 Å². The van der Waals surface area contributed by atoms with Gasteiger partial charge in [0.15, 0.2) is 0 Å². The van der Waals surface area contributed by atoms with Crippen LogP contribution >= 0.6 is 0 Å². The summed E-state index contributed by atoms with van der Waals surface area (Å²) in [6, 6.07) is 19.3. The summed E-state index contributed by atoms with van der Waals surface area (Å²) in [4.78, 5) is 0. The van der Waals surface area contributed by atoms with E-state index in [9.17, 15) is 0 Å². The molecule has 0 aliphatic heterocycles. The first-order chi connectivity index (χ1) is 23.8. The zero-order valence-corrected chi connectivity index (χ0v) is 28.0. The molecule has 1 heteroatoms. The summed E-state index contributed by atoms with van der Waals surface area (Å²) in [5, 5.41) is 1.48. The van der Waals surface area contributed by atoms with Crippen LogP contribution in [0.5, 0.6) is 0 Å².